The number of rotatable bonds is 6. The van der Waals surface area contributed by atoms with E-state index >= 15 is 0 Å². The fourth-order valence-corrected chi connectivity index (χ4v) is 1.28. The maximum atomic E-state index is 8.34. The zero-order valence-electron chi connectivity index (χ0n) is 11.5. The molecule has 2 aliphatic carbocycles. The van der Waals surface area contributed by atoms with E-state index in [1.54, 1.807) is 0 Å². The molecule has 2 N–H and O–H groups in total. The summed E-state index contributed by atoms with van der Waals surface area (Å²) in [4.78, 5) is 0. The first-order valence-electron chi connectivity index (χ1n) is 5.89. The first kappa shape index (κ1) is 25.9. The molecular formula is C14H18Cl2O4Zr. The van der Waals surface area contributed by atoms with Crippen LogP contribution in [0.25, 0.3) is 0 Å². The second-order valence-electron chi connectivity index (χ2n) is 3.44. The van der Waals surface area contributed by atoms with Gasteiger partial charge in [0.25, 0.3) is 0 Å². The largest absolute Gasteiger partial charge is 4.00 e. The Labute approximate surface area is 157 Å². The van der Waals surface area contributed by atoms with Crippen LogP contribution in [0.1, 0.15) is 12.8 Å². The molecule has 0 saturated heterocycles. The molecule has 0 unspecified atom stereocenters. The number of ether oxygens (including phenoxy) is 2. The normalized spacial score (nSPS) is 13.6. The van der Waals surface area contributed by atoms with Crippen molar-refractivity contribution in [2.24, 2.45) is 0 Å². The summed E-state index contributed by atoms with van der Waals surface area (Å²) in [7, 11) is 0. The van der Waals surface area contributed by atoms with Gasteiger partial charge in [-0.05, 0) is 0 Å². The van der Waals surface area contributed by atoms with E-state index in [1.165, 1.54) is 0 Å². The van der Waals surface area contributed by atoms with Crippen LogP contribution < -0.4 is 24.8 Å². The van der Waals surface area contributed by atoms with Gasteiger partial charge in [-0.1, -0.05) is 11.5 Å². The Morgan fingerprint density at radius 1 is 0.857 bits per heavy atom. The summed E-state index contributed by atoms with van der Waals surface area (Å²) < 4.78 is 10.0. The molecule has 0 aromatic heterocycles. The minimum Gasteiger partial charge on any atom is -1.00 e. The summed E-state index contributed by atoms with van der Waals surface area (Å²) in [6.07, 6.45) is 15.2. The Balaban J connectivity index is -0.000000270. The third-order valence-electron chi connectivity index (χ3n) is 2.02. The van der Waals surface area contributed by atoms with Crippen molar-refractivity contribution in [1.82, 2.24) is 0 Å². The van der Waals surface area contributed by atoms with Crippen molar-refractivity contribution in [3.63, 3.8) is 0 Å². The number of aliphatic hydroxyl groups excluding tert-OH is 2. The molecule has 0 aromatic carbocycles. The van der Waals surface area contributed by atoms with Crippen LogP contribution in [-0.2, 0) is 35.7 Å². The zero-order valence-corrected chi connectivity index (χ0v) is 15.5. The van der Waals surface area contributed by atoms with Crippen LogP contribution in [0.2, 0.25) is 0 Å². The number of allylic oxidation sites excluding steroid dienone is 6. The first-order chi connectivity index (χ1) is 8.86. The molecule has 0 radical (unpaired) electrons. The van der Waals surface area contributed by atoms with Crippen LogP contribution in [0.3, 0.4) is 0 Å². The van der Waals surface area contributed by atoms with Crippen LogP contribution in [0.5, 0.6) is 0 Å². The van der Waals surface area contributed by atoms with Crippen molar-refractivity contribution in [2.75, 3.05) is 26.4 Å². The second kappa shape index (κ2) is 18.0. The molecule has 116 valence electrons. The molecule has 0 fully saturated rings. The van der Waals surface area contributed by atoms with E-state index in [0.717, 1.165) is 24.4 Å². The van der Waals surface area contributed by atoms with Gasteiger partial charge in [0.05, 0.1) is 13.2 Å². The quantitative estimate of drug-likeness (QED) is 0.431. The Hall–Kier alpha value is -0.0569. The van der Waals surface area contributed by atoms with Crippen molar-refractivity contribution in [3.05, 3.63) is 48.0 Å². The number of hydrogen-bond acceptors (Lipinski definition) is 4. The zero-order chi connectivity index (χ0) is 13.1. The molecular weight excluding hydrogens is 394 g/mol. The Bertz CT molecular complexity index is 321. The van der Waals surface area contributed by atoms with E-state index in [9.17, 15) is 0 Å². The van der Waals surface area contributed by atoms with Crippen molar-refractivity contribution < 1.29 is 70.7 Å². The monoisotopic (exact) mass is 410 g/mol. The predicted molar refractivity (Wildman–Crippen MR) is 67.1 cm³/mol. The number of hydrogen-bond donors (Lipinski definition) is 2. The topological polar surface area (TPSA) is 58.9 Å². The van der Waals surface area contributed by atoms with E-state index in [1.807, 2.05) is 24.3 Å². The van der Waals surface area contributed by atoms with E-state index in [-0.39, 0.29) is 64.2 Å². The van der Waals surface area contributed by atoms with Crippen molar-refractivity contribution in [3.8, 4) is 0 Å². The minimum atomic E-state index is 0. The summed E-state index contributed by atoms with van der Waals surface area (Å²) in [6.45, 7) is 0.872. The standard InChI is InChI=1S/2C7H9O2.2ClH.Zr/c2*8-5-6-9-7-3-1-2-4-7;;;/h2*1,3,8H,2,5-6H2;2*1H;/q2*-1;;;+4/p-2. The summed E-state index contributed by atoms with van der Waals surface area (Å²) in [6, 6.07) is 0. The minimum absolute atomic E-state index is 0. The SMILES string of the molecule is OCCOC1=[C-]CC=C1.OCCOC1=[C-]CC=C1.[Cl-].[Cl-].[Zr+4]. The van der Waals surface area contributed by atoms with Crippen LogP contribution in [-0.4, -0.2) is 36.6 Å². The van der Waals surface area contributed by atoms with Gasteiger partial charge in [-0.15, -0.1) is 12.8 Å². The summed E-state index contributed by atoms with van der Waals surface area (Å²) in [5.74, 6) is 1.51. The van der Waals surface area contributed by atoms with Gasteiger partial charge in [-0.2, -0.15) is 24.3 Å². The second-order valence-corrected chi connectivity index (χ2v) is 3.44. The molecule has 0 atom stereocenters. The van der Waals surface area contributed by atoms with Gasteiger partial charge in [0.15, 0.2) is 0 Å². The van der Waals surface area contributed by atoms with Gasteiger partial charge in [0.1, 0.15) is 13.2 Å². The first-order valence-corrected chi connectivity index (χ1v) is 5.89. The van der Waals surface area contributed by atoms with Crippen molar-refractivity contribution in [1.29, 1.82) is 0 Å². The van der Waals surface area contributed by atoms with Crippen LogP contribution in [0.4, 0.5) is 0 Å². The smallest absolute Gasteiger partial charge is 1.00 e. The predicted octanol–water partition coefficient (Wildman–Crippen LogP) is -4.71. The number of aliphatic hydroxyl groups is 2. The molecule has 0 heterocycles. The molecule has 4 nitrogen and oxygen atoms in total. The maximum absolute atomic E-state index is 8.34. The Morgan fingerprint density at radius 3 is 1.48 bits per heavy atom. The fourth-order valence-electron chi connectivity index (χ4n) is 1.28. The van der Waals surface area contributed by atoms with E-state index in [0.29, 0.717) is 13.2 Å². The van der Waals surface area contributed by atoms with Crippen molar-refractivity contribution in [2.45, 2.75) is 12.8 Å². The van der Waals surface area contributed by atoms with Crippen molar-refractivity contribution >= 4 is 0 Å². The molecule has 0 bridgehead atoms. The van der Waals surface area contributed by atoms with Gasteiger partial charge in [0, 0.05) is 0 Å². The molecule has 0 amide bonds. The molecule has 0 saturated carbocycles. The van der Waals surface area contributed by atoms with Crippen LogP contribution >= 0.6 is 0 Å². The maximum Gasteiger partial charge on any atom is 4.00 e. The third kappa shape index (κ3) is 13.3. The van der Waals surface area contributed by atoms with E-state index in [4.69, 9.17) is 19.7 Å². The molecule has 21 heavy (non-hydrogen) atoms. The Morgan fingerprint density at radius 2 is 1.24 bits per heavy atom. The van der Waals surface area contributed by atoms with Gasteiger partial charge < -0.3 is 44.5 Å². The molecule has 0 aliphatic heterocycles. The summed E-state index contributed by atoms with van der Waals surface area (Å²) >= 11 is 0. The molecule has 0 aromatic rings. The molecule has 2 aliphatic rings. The fraction of sp³-hybridized carbons (Fsp3) is 0.429. The summed E-state index contributed by atoms with van der Waals surface area (Å²) in [5, 5.41) is 16.7. The van der Waals surface area contributed by atoms with Gasteiger partial charge in [-0.3, -0.25) is 0 Å². The van der Waals surface area contributed by atoms with Crippen LogP contribution in [0, 0.1) is 12.2 Å². The van der Waals surface area contributed by atoms with Gasteiger partial charge in [-0.25, -0.2) is 12.2 Å². The van der Waals surface area contributed by atoms with Crippen LogP contribution in [0.15, 0.2) is 35.8 Å². The average molecular weight is 412 g/mol. The molecule has 2 rings (SSSR count). The van der Waals surface area contributed by atoms with E-state index in [2.05, 4.69) is 12.2 Å². The van der Waals surface area contributed by atoms with E-state index < -0.39 is 0 Å². The third-order valence-corrected chi connectivity index (χ3v) is 2.02. The summed E-state index contributed by atoms with van der Waals surface area (Å²) in [5.41, 5.74) is 0. The van der Waals surface area contributed by atoms with Gasteiger partial charge in [0.2, 0.25) is 0 Å². The average Bonchev–Trinajstić information content (AvgIpc) is 3.07. The number of halogens is 2. The Kier molecular flexibility index (Phi) is 22.2. The molecule has 7 heteroatoms. The van der Waals surface area contributed by atoms with Gasteiger partial charge >= 0.3 is 26.2 Å². The molecule has 0 spiro atoms.